The van der Waals surface area contributed by atoms with E-state index in [2.05, 4.69) is 30.1 Å². The molecule has 2 N–H and O–H groups in total. The van der Waals surface area contributed by atoms with Crippen molar-refractivity contribution in [1.82, 2.24) is 4.98 Å². The van der Waals surface area contributed by atoms with Gasteiger partial charge in [0.2, 0.25) is 0 Å². The number of ether oxygens (including phenoxy) is 2. The fraction of sp³-hybridized carbons (Fsp3) is 0.273. The van der Waals surface area contributed by atoms with E-state index >= 15 is 0 Å². The molecule has 1 aromatic heterocycles. The number of fused-ring (bicyclic) bond motifs is 2. The third-order valence-electron chi connectivity index (χ3n) is 5.12. The summed E-state index contributed by atoms with van der Waals surface area (Å²) < 4.78 is 11.4. The molecule has 0 spiro atoms. The number of aromatic nitrogens is 1. The summed E-state index contributed by atoms with van der Waals surface area (Å²) in [7, 11) is 0. The quantitative estimate of drug-likeness (QED) is 0.713. The fourth-order valence-corrected chi connectivity index (χ4v) is 3.71. The molecule has 27 heavy (non-hydrogen) atoms. The molecule has 1 aliphatic heterocycles. The van der Waals surface area contributed by atoms with E-state index in [-0.39, 0.29) is 5.41 Å². The zero-order valence-corrected chi connectivity index (χ0v) is 15.7. The number of primary amides is 1. The van der Waals surface area contributed by atoms with Gasteiger partial charge in [-0.3, -0.25) is 4.98 Å². The van der Waals surface area contributed by atoms with Crippen molar-refractivity contribution in [1.29, 1.82) is 0 Å². The zero-order valence-electron chi connectivity index (χ0n) is 15.7. The lowest BCUT2D eigenvalue weighted by molar-refractivity contribution is -0.0176. The topological polar surface area (TPSA) is 74.4 Å². The molecule has 138 valence electrons. The molecule has 0 radical (unpaired) electrons. The molecule has 1 atom stereocenters. The summed E-state index contributed by atoms with van der Waals surface area (Å²) in [5, 5.41) is 1.10. The Bertz CT molecular complexity index is 1040. The van der Waals surface area contributed by atoms with Crippen molar-refractivity contribution < 1.29 is 14.3 Å². The lowest BCUT2D eigenvalue weighted by atomic mass is 9.80. The van der Waals surface area contributed by atoms with Crippen LogP contribution in [0.15, 0.2) is 48.7 Å². The molecule has 1 unspecified atom stereocenters. The van der Waals surface area contributed by atoms with E-state index in [1.165, 1.54) is 0 Å². The lowest BCUT2D eigenvalue weighted by Gasteiger charge is -2.38. The van der Waals surface area contributed by atoms with Crippen LogP contribution in [-0.2, 0) is 4.74 Å². The summed E-state index contributed by atoms with van der Waals surface area (Å²) in [5.74, 6) is 0.718. The summed E-state index contributed by atoms with van der Waals surface area (Å²) in [6.45, 7) is 6.49. The predicted octanol–water partition coefficient (Wildman–Crippen LogP) is 4.77. The number of carbonyl (C=O) groups excluding carboxylic acids is 1. The van der Waals surface area contributed by atoms with Crippen LogP contribution in [0.5, 0.6) is 5.75 Å². The Morgan fingerprint density at radius 2 is 2.07 bits per heavy atom. The Morgan fingerprint density at radius 1 is 1.26 bits per heavy atom. The minimum absolute atomic E-state index is 0.357. The number of amides is 1. The first-order valence-electron chi connectivity index (χ1n) is 8.94. The van der Waals surface area contributed by atoms with Crippen LogP contribution in [0.25, 0.3) is 22.0 Å². The summed E-state index contributed by atoms with van der Waals surface area (Å²) in [6, 6.07) is 14.2. The van der Waals surface area contributed by atoms with Gasteiger partial charge < -0.3 is 15.2 Å². The van der Waals surface area contributed by atoms with E-state index in [1.807, 2.05) is 44.3 Å². The monoisotopic (exact) mass is 362 g/mol. The Morgan fingerprint density at radius 3 is 2.85 bits per heavy atom. The van der Waals surface area contributed by atoms with E-state index in [9.17, 15) is 4.79 Å². The van der Waals surface area contributed by atoms with Crippen molar-refractivity contribution in [2.45, 2.75) is 26.9 Å². The molecule has 0 bridgehead atoms. The number of aryl methyl sites for hydroxylation is 1. The second-order valence-electron chi connectivity index (χ2n) is 7.68. The third-order valence-corrected chi connectivity index (χ3v) is 5.12. The molecule has 3 aromatic rings. The normalized spacial score (nSPS) is 17.8. The molecular formula is C22H22N2O3. The number of hydrogen-bond acceptors (Lipinski definition) is 4. The summed E-state index contributed by atoms with van der Waals surface area (Å²) >= 11 is 0. The third kappa shape index (κ3) is 2.99. The lowest BCUT2D eigenvalue weighted by Crippen LogP contribution is -2.37. The van der Waals surface area contributed by atoms with E-state index < -0.39 is 12.2 Å². The molecule has 2 heterocycles. The van der Waals surface area contributed by atoms with Crippen LogP contribution < -0.4 is 10.5 Å². The van der Waals surface area contributed by atoms with Gasteiger partial charge in [-0.25, -0.2) is 4.79 Å². The highest BCUT2D eigenvalue weighted by molar-refractivity contribution is 5.96. The summed E-state index contributed by atoms with van der Waals surface area (Å²) in [6.07, 6.45) is 0.591. The smallest absolute Gasteiger partial charge is 0.405 e. The molecule has 5 heteroatoms. The molecule has 5 nitrogen and oxygen atoms in total. The van der Waals surface area contributed by atoms with Crippen LogP contribution in [0.1, 0.15) is 31.1 Å². The highest BCUT2D eigenvalue weighted by Crippen LogP contribution is 2.46. The van der Waals surface area contributed by atoms with E-state index in [1.54, 1.807) is 0 Å². The molecule has 0 fully saturated rings. The molecule has 0 saturated carbocycles. The van der Waals surface area contributed by atoms with Crippen LogP contribution in [-0.4, -0.2) is 17.7 Å². The number of nitrogens with zero attached hydrogens (tertiary/aromatic N) is 1. The minimum Gasteiger partial charge on any atom is -0.492 e. The Kier molecular flexibility index (Phi) is 4.02. The number of rotatable bonds is 2. The van der Waals surface area contributed by atoms with E-state index in [0.29, 0.717) is 6.61 Å². The SMILES string of the molecule is Cc1ccc(-c2ccc3c(c2)OCC(C)(C)C3OC(N)=O)c2cccnc12. The molecule has 2 aromatic carbocycles. The van der Waals surface area contributed by atoms with Crippen LogP contribution in [0.4, 0.5) is 4.79 Å². The van der Waals surface area contributed by atoms with Crippen LogP contribution >= 0.6 is 0 Å². The van der Waals surface area contributed by atoms with Gasteiger partial charge in [-0.05, 0) is 35.7 Å². The van der Waals surface area contributed by atoms with Gasteiger partial charge in [0.05, 0.1) is 12.1 Å². The summed E-state index contributed by atoms with van der Waals surface area (Å²) in [4.78, 5) is 15.9. The minimum atomic E-state index is -0.777. The Hall–Kier alpha value is -3.08. The fourth-order valence-electron chi connectivity index (χ4n) is 3.71. The highest BCUT2D eigenvalue weighted by Gasteiger charge is 2.40. The molecule has 4 rings (SSSR count). The van der Waals surface area contributed by atoms with E-state index in [0.717, 1.165) is 38.9 Å². The predicted molar refractivity (Wildman–Crippen MR) is 105 cm³/mol. The number of pyridine rings is 1. The first kappa shape index (κ1) is 17.3. The maximum atomic E-state index is 11.4. The molecule has 0 saturated heterocycles. The largest absolute Gasteiger partial charge is 0.492 e. The molecular weight excluding hydrogens is 340 g/mol. The summed E-state index contributed by atoms with van der Waals surface area (Å²) in [5.41, 5.74) is 10.0. The van der Waals surface area contributed by atoms with Crippen molar-refractivity contribution in [2.75, 3.05) is 6.61 Å². The molecule has 0 aliphatic carbocycles. The van der Waals surface area contributed by atoms with Gasteiger partial charge in [-0.2, -0.15) is 0 Å². The maximum Gasteiger partial charge on any atom is 0.405 e. The number of carbonyl (C=O) groups is 1. The standard InChI is InChI=1S/C22H22N2O3/c1-13-6-8-15(16-5-4-10-24-19(13)16)14-7-9-17-18(11-14)26-12-22(2,3)20(17)27-21(23)25/h4-11,20H,12H2,1-3H3,(H2,23,25). The second kappa shape index (κ2) is 6.27. The number of nitrogens with two attached hydrogens (primary N) is 1. The average molecular weight is 362 g/mol. The van der Waals surface area contributed by atoms with Gasteiger partial charge in [-0.1, -0.05) is 44.2 Å². The van der Waals surface area contributed by atoms with Crippen molar-refractivity contribution in [2.24, 2.45) is 11.1 Å². The number of hydrogen-bond donors (Lipinski definition) is 1. The maximum absolute atomic E-state index is 11.4. The van der Waals surface area contributed by atoms with Gasteiger partial charge in [0.25, 0.3) is 0 Å². The van der Waals surface area contributed by atoms with Gasteiger partial charge in [-0.15, -0.1) is 0 Å². The molecule has 1 aliphatic rings. The van der Waals surface area contributed by atoms with Gasteiger partial charge in [0.15, 0.2) is 0 Å². The van der Waals surface area contributed by atoms with Crippen molar-refractivity contribution >= 4 is 17.0 Å². The van der Waals surface area contributed by atoms with Gasteiger partial charge in [0, 0.05) is 22.6 Å². The Balaban J connectivity index is 1.83. The van der Waals surface area contributed by atoms with Crippen molar-refractivity contribution in [3.63, 3.8) is 0 Å². The van der Waals surface area contributed by atoms with Crippen LogP contribution in [0, 0.1) is 12.3 Å². The highest BCUT2D eigenvalue weighted by atomic mass is 16.6. The van der Waals surface area contributed by atoms with Crippen molar-refractivity contribution in [3.8, 4) is 16.9 Å². The first-order valence-corrected chi connectivity index (χ1v) is 8.94. The Labute approximate surface area is 158 Å². The van der Waals surface area contributed by atoms with Gasteiger partial charge in [0.1, 0.15) is 11.9 Å². The van der Waals surface area contributed by atoms with E-state index in [4.69, 9.17) is 15.2 Å². The molecule has 1 amide bonds. The first-order chi connectivity index (χ1) is 12.9. The van der Waals surface area contributed by atoms with Gasteiger partial charge >= 0.3 is 6.09 Å². The zero-order chi connectivity index (χ0) is 19.2. The number of benzene rings is 2. The average Bonchev–Trinajstić information content (AvgIpc) is 2.64. The van der Waals surface area contributed by atoms with Crippen molar-refractivity contribution in [3.05, 3.63) is 59.8 Å². The second-order valence-corrected chi connectivity index (χ2v) is 7.68. The van der Waals surface area contributed by atoms with Crippen LogP contribution in [0.2, 0.25) is 0 Å². The van der Waals surface area contributed by atoms with Crippen LogP contribution in [0.3, 0.4) is 0 Å².